The number of aromatic nitrogens is 2. The molecule has 2 saturated carbocycles. The van der Waals surface area contributed by atoms with Crippen LogP contribution in [-0.2, 0) is 9.59 Å². The Morgan fingerprint density at radius 2 is 1.63 bits per heavy atom. The summed E-state index contributed by atoms with van der Waals surface area (Å²) in [4.78, 5) is 51.1. The molecular formula is C30H30N4O4. The molecule has 1 aliphatic heterocycles. The topological polar surface area (TPSA) is 104 Å². The highest BCUT2D eigenvalue weighted by atomic mass is 16.4. The van der Waals surface area contributed by atoms with Gasteiger partial charge in [-0.25, -0.2) is 9.97 Å². The minimum Gasteiger partial charge on any atom is -0.481 e. The SMILES string of the molecule is O=C(O)CCC(=O)N(C1CC1)C1c2ccccc2N(C(=O)c2ccc(-c3ncccn3)cc2)C2CCCC21. The Bertz CT molecular complexity index is 1360. The number of amides is 2. The second-order valence-corrected chi connectivity index (χ2v) is 10.4. The lowest BCUT2D eigenvalue weighted by Crippen LogP contribution is -2.52. The van der Waals surface area contributed by atoms with Crippen LogP contribution in [0.5, 0.6) is 0 Å². The van der Waals surface area contributed by atoms with Crippen LogP contribution in [0.4, 0.5) is 5.69 Å². The molecule has 2 fully saturated rings. The minimum absolute atomic E-state index is 0.00199. The summed E-state index contributed by atoms with van der Waals surface area (Å²) in [7, 11) is 0. The molecule has 0 bridgehead atoms. The van der Waals surface area contributed by atoms with Gasteiger partial charge in [-0.15, -0.1) is 0 Å². The van der Waals surface area contributed by atoms with Crippen molar-refractivity contribution in [2.24, 2.45) is 5.92 Å². The number of carboxylic acids is 1. The number of fused-ring (bicyclic) bond motifs is 2. The Hall–Kier alpha value is -4.07. The second kappa shape index (κ2) is 10.0. The van der Waals surface area contributed by atoms with E-state index in [0.29, 0.717) is 11.4 Å². The quantitative estimate of drug-likeness (QED) is 0.486. The molecule has 1 N–H and O–H groups in total. The summed E-state index contributed by atoms with van der Waals surface area (Å²) in [6.45, 7) is 0. The number of hydrogen-bond acceptors (Lipinski definition) is 5. The standard InChI is InChI=1S/C30H30N4O4/c35-26(15-16-27(36)37)33(21-13-14-21)28-22-5-1-2-7-24(22)34(25-8-3-6-23(25)28)30(38)20-11-9-19(10-12-20)29-31-17-4-18-32-29/h1-2,4-5,7,9-12,17-18,21,23,25,28H,3,6,8,13-16H2,(H,36,37). The van der Waals surface area contributed by atoms with Crippen LogP contribution >= 0.6 is 0 Å². The molecule has 3 atom stereocenters. The van der Waals surface area contributed by atoms with Gasteiger partial charge in [0.15, 0.2) is 5.82 Å². The van der Waals surface area contributed by atoms with E-state index in [2.05, 4.69) is 9.97 Å². The molecule has 8 nitrogen and oxygen atoms in total. The first-order valence-corrected chi connectivity index (χ1v) is 13.4. The van der Waals surface area contributed by atoms with Crippen molar-refractivity contribution in [2.75, 3.05) is 4.90 Å². The molecule has 3 unspecified atom stereocenters. The van der Waals surface area contributed by atoms with E-state index >= 15 is 0 Å². The molecule has 0 radical (unpaired) electrons. The zero-order chi connectivity index (χ0) is 26.2. The first-order chi connectivity index (χ1) is 18.5. The number of aliphatic carboxylic acids is 1. The number of carboxylic acid groups (broad SMARTS) is 1. The van der Waals surface area contributed by atoms with Gasteiger partial charge in [-0.05, 0) is 55.5 Å². The van der Waals surface area contributed by atoms with Crippen molar-refractivity contribution >= 4 is 23.5 Å². The van der Waals surface area contributed by atoms with Crippen molar-refractivity contribution in [3.05, 3.63) is 78.1 Å². The van der Waals surface area contributed by atoms with Gasteiger partial charge < -0.3 is 14.9 Å². The Balaban J connectivity index is 1.35. The third-order valence-corrected chi connectivity index (χ3v) is 8.04. The van der Waals surface area contributed by atoms with Gasteiger partial charge in [0.1, 0.15) is 0 Å². The highest BCUT2D eigenvalue weighted by Gasteiger charge is 2.51. The molecule has 1 aromatic heterocycles. The number of carbonyl (C=O) groups is 3. The normalized spacial score (nSPS) is 21.9. The van der Waals surface area contributed by atoms with Gasteiger partial charge in [-0.3, -0.25) is 14.4 Å². The van der Waals surface area contributed by atoms with Crippen molar-refractivity contribution in [3.63, 3.8) is 0 Å². The number of carbonyl (C=O) groups excluding carboxylic acids is 2. The van der Waals surface area contributed by atoms with E-state index in [9.17, 15) is 19.5 Å². The van der Waals surface area contributed by atoms with E-state index in [0.717, 1.165) is 48.9 Å². The van der Waals surface area contributed by atoms with Gasteiger partial charge in [0, 0.05) is 53.6 Å². The summed E-state index contributed by atoms with van der Waals surface area (Å²) >= 11 is 0. The van der Waals surface area contributed by atoms with E-state index in [1.54, 1.807) is 18.5 Å². The van der Waals surface area contributed by atoms with Crippen LogP contribution in [0.3, 0.4) is 0 Å². The zero-order valence-electron chi connectivity index (χ0n) is 21.1. The fourth-order valence-corrected chi connectivity index (χ4v) is 6.27. The van der Waals surface area contributed by atoms with E-state index < -0.39 is 5.97 Å². The number of nitrogens with zero attached hydrogens (tertiary/aromatic N) is 4. The Morgan fingerprint density at radius 3 is 2.34 bits per heavy atom. The molecule has 38 heavy (non-hydrogen) atoms. The van der Waals surface area contributed by atoms with Gasteiger partial charge >= 0.3 is 5.97 Å². The van der Waals surface area contributed by atoms with Crippen molar-refractivity contribution in [3.8, 4) is 11.4 Å². The third-order valence-electron chi connectivity index (χ3n) is 8.04. The van der Waals surface area contributed by atoms with Crippen LogP contribution in [-0.4, -0.2) is 49.8 Å². The van der Waals surface area contributed by atoms with Crippen molar-refractivity contribution in [2.45, 2.75) is 63.1 Å². The molecule has 6 rings (SSSR count). The van der Waals surface area contributed by atoms with Gasteiger partial charge in [0.2, 0.25) is 5.91 Å². The summed E-state index contributed by atoms with van der Waals surface area (Å²) in [5.41, 5.74) is 3.27. The summed E-state index contributed by atoms with van der Waals surface area (Å²) in [5.74, 6) is -0.387. The summed E-state index contributed by atoms with van der Waals surface area (Å²) < 4.78 is 0. The fraction of sp³-hybridized carbons (Fsp3) is 0.367. The first kappa shape index (κ1) is 24.3. The molecule has 0 spiro atoms. The molecule has 3 aromatic rings. The van der Waals surface area contributed by atoms with Crippen LogP contribution in [0.15, 0.2) is 67.0 Å². The van der Waals surface area contributed by atoms with E-state index in [1.165, 1.54) is 0 Å². The number of benzene rings is 2. The Labute approximate surface area is 221 Å². The zero-order valence-corrected chi connectivity index (χ0v) is 21.1. The van der Waals surface area contributed by atoms with E-state index in [1.807, 2.05) is 58.3 Å². The molecular weight excluding hydrogens is 480 g/mol. The van der Waals surface area contributed by atoms with Crippen LogP contribution in [0.1, 0.15) is 66.9 Å². The molecule has 3 aliphatic rings. The minimum atomic E-state index is -0.960. The van der Waals surface area contributed by atoms with Crippen molar-refractivity contribution in [1.29, 1.82) is 0 Å². The maximum Gasteiger partial charge on any atom is 0.303 e. The molecule has 194 valence electrons. The third kappa shape index (κ3) is 4.44. The smallest absolute Gasteiger partial charge is 0.303 e. The average Bonchev–Trinajstić information content (AvgIpc) is 3.67. The molecule has 2 amide bonds. The van der Waals surface area contributed by atoms with Gasteiger partial charge in [0.05, 0.1) is 12.5 Å². The second-order valence-electron chi connectivity index (χ2n) is 10.4. The predicted octanol–water partition coefficient (Wildman–Crippen LogP) is 4.87. The molecule has 2 aromatic carbocycles. The van der Waals surface area contributed by atoms with E-state index in [-0.39, 0.29) is 48.7 Å². The van der Waals surface area contributed by atoms with Crippen molar-refractivity contribution in [1.82, 2.24) is 14.9 Å². The number of para-hydroxylation sites is 1. The number of anilines is 1. The highest BCUT2D eigenvalue weighted by molar-refractivity contribution is 6.07. The summed E-state index contributed by atoms with van der Waals surface area (Å²) in [5, 5.41) is 9.18. The van der Waals surface area contributed by atoms with Gasteiger partial charge in [-0.1, -0.05) is 36.8 Å². The van der Waals surface area contributed by atoms with Crippen LogP contribution in [0, 0.1) is 5.92 Å². The van der Waals surface area contributed by atoms with Crippen LogP contribution in [0.25, 0.3) is 11.4 Å². The highest BCUT2D eigenvalue weighted by Crippen LogP contribution is 2.52. The monoisotopic (exact) mass is 510 g/mol. The lowest BCUT2D eigenvalue weighted by Gasteiger charge is -2.48. The number of rotatable bonds is 7. The lowest BCUT2D eigenvalue weighted by atomic mass is 9.81. The predicted molar refractivity (Wildman–Crippen MR) is 141 cm³/mol. The number of hydrogen-bond donors (Lipinski definition) is 1. The average molecular weight is 511 g/mol. The Kier molecular flexibility index (Phi) is 6.39. The molecule has 2 heterocycles. The van der Waals surface area contributed by atoms with Gasteiger partial charge in [0.25, 0.3) is 5.91 Å². The van der Waals surface area contributed by atoms with Gasteiger partial charge in [-0.2, -0.15) is 0 Å². The fourth-order valence-electron chi connectivity index (χ4n) is 6.27. The maximum absolute atomic E-state index is 14.0. The summed E-state index contributed by atoms with van der Waals surface area (Å²) in [6, 6.07) is 17.1. The largest absolute Gasteiger partial charge is 0.481 e. The Morgan fingerprint density at radius 1 is 0.895 bits per heavy atom. The first-order valence-electron chi connectivity index (χ1n) is 13.4. The van der Waals surface area contributed by atoms with Crippen molar-refractivity contribution < 1.29 is 19.5 Å². The maximum atomic E-state index is 14.0. The summed E-state index contributed by atoms with van der Waals surface area (Å²) in [6.07, 6.45) is 7.88. The van der Waals surface area contributed by atoms with E-state index in [4.69, 9.17) is 0 Å². The van der Waals surface area contributed by atoms with Crippen LogP contribution < -0.4 is 4.90 Å². The molecule has 2 aliphatic carbocycles. The van der Waals surface area contributed by atoms with Crippen LogP contribution in [0.2, 0.25) is 0 Å². The lowest BCUT2D eigenvalue weighted by molar-refractivity contribution is -0.142. The molecule has 8 heteroatoms. The molecule has 0 saturated heterocycles.